The Kier molecular flexibility index (Phi) is 13.1. The van der Waals surface area contributed by atoms with Crippen molar-refractivity contribution in [3.63, 3.8) is 0 Å². The van der Waals surface area contributed by atoms with E-state index in [0.717, 1.165) is 5.56 Å². The molecule has 2 unspecified atom stereocenters. The maximum absolute atomic E-state index is 12.3. The Morgan fingerprint density at radius 2 is 1.54 bits per heavy atom. The minimum atomic E-state index is -4.13. The lowest BCUT2D eigenvalue weighted by Gasteiger charge is -2.43. The average Bonchev–Trinajstić information content (AvgIpc) is 3.37. The Morgan fingerprint density at radius 1 is 0.962 bits per heavy atom. The van der Waals surface area contributed by atoms with Crippen molar-refractivity contribution >= 4 is 49.1 Å². The maximum atomic E-state index is 12.3. The lowest BCUT2D eigenvalue weighted by atomic mass is 9.95. The van der Waals surface area contributed by atoms with Gasteiger partial charge in [-0.1, -0.05) is 72.8 Å². The summed E-state index contributed by atoms with van der Waals surface area (Å²) in [5, 5.41) is 34.5. The fourth-order valence-corrected chi connectivity index (χ4v) is 8.24. The molecule has 3 amide bonds. The first kappa shape index (κ1) is 39.8. The van der Waals surface area contributed by atoms with Crippen LogP contribution in [0.25, 0.3) is 0 Å². The van der Waals surface area contributed by atoms with Crippen molar-refractivity contribution < 1.29 is 53.5 Å². The number of amides is 3. The molecule has 2 fully saturated rings. The zero-order valence-electron chi connectivity index (χ0n) is 28.1. The van der Waals surface area contributed by atoms with E-state index in [1.807, 2.05) is 6.07 Å². The molecule has 2 saturated heterocycles. The summed E-state index contributed by atoms with van der Waals surface area (Å²) >= 11 is 1.35. The zero-order chi connectivity index (χ0) is 38.2. The Morgan fingerprint density at radius 3 is 2.10 bits per heavy atom. The SMILES string of the molecule is CC1(C)S[C@@H]2[C@H](NC(=O)C(N)c3ccc(O)cc3)C(=O)N2[C@H]1C(=O)O.O=C(NCP(=O)(O)N[C@@H](Cc1ccccc1)C(=O)O)OCc1ccccc1. The van der Waals surface area contributed by atoms with E-state index < -0.39 is 77.9 Å². The van der Waals surface area contributed by atoms with Crippen LogP contribution in [-0.2, 0) is 41.5 Å². The highest BCUT2D eigenvalue weighted by Crippen LogP contribution is 2.50. The number of rotatable bonds is 13. The van der Waals surface area contributed by atoms with E-state index >= 15 is 0 Å². The van der Waals surface area contributed by atoms with Gasteiger partial charge in [-0.25, -0.2) is 14.7 Å². The number of carboxylic acids is 2. The fourth-order valence-electron chi connectivity index (χ4n) is 5.49. The first-order chi connectivity index (χ1) is 24.5. The third-order valence-electron chi connectivity index (χ3n) is 8.10. The number of carbonyl (C=O) groups is 5. The Labute approximate surface area is 303 Å². The molecule has 3 aromatic carbocycles. The molecule has 52 heavy (non-hydrogen) atoms. The Hall–Kier alpha value is -4.93. The predicted molar refractivity (Wildman–Crippen MR) is 190 cm³/mol. The number of β-lactam (4-membered cyclic amide) rings is 1. The number of phenols is 1. The molecule has 2 aliphatic heterocycles. The number of carbonyl (C=O) groups excluding carboxylic acids is 3. The molecule has 6 atom stereocenters. The van der Waals surface area contributed by atoms with Gasteiger partial charge in [0.2, 0.25) is 11.8 Å². The number of alkyl carbamates (subject to hydrolysis) is 1. The van der Waals surface area contributed by atoms with Gasteiger partial charge in [0.1, 0.15) is 48.2 Å². The number of hydrogen-bond donors (Lipinski definition) is 8. The lowest BCUT2D eigenvalue weighted by Crippen LogP contribution is -2.71. The van der Waals surface area contributed by atoms with Crippen molar-refractivity contribution in [3.8, 4) is 5.75 Å². The summed E-state index contributed by atoms with van der Waals surface area (Å²) in [6, 6.07) is 19.6. The number of benzene rings is 3. The van der Waals surface area contributed by atoms with Gasteiger partial charge in [0, 0.05) is 4.75 Å². The third kappa shape index (κ3) is 10.3. The summed E-state index contributed by atoms with van der Waals surface area (Å²) in [4.78, 5) is 70.5. The summed E-state index contributed by atoms with van der Waals surface area (Å²) in [6.45, 7) is 3.55. The van der Waals surface area contributed by atoms with Crippen LogP contribution in [0.4, 0.5) is 4.79 Å². The van der Waals surface area contributed by atoms with Gasteiger partial charge in [-0.3, -0.25) is 18.9 Å². The fraction of sp³-hybridized carbons (Fsp3) is 0.324. The highest BCUT2D eigenvalue weighted by atomic mass is 32.2. The van der Waals surface area contributed by atoms with Gasteiger partial charge in [0.05, 0.1) is 0 Å². The number of fused-ring (bicyclic) bond motifs is 1. The summed E-state index contributed by atoms with van der Waals surface area (Å²) in [6.07, 6.45) is -1.50. The maximum Gasteiger partial charge on any atom is 0.407 e. The van der Waals surface area contributed by atoms with Gasteiger partial charge in [-0.05, 0) is 49.1 Å². The number of nitrogens with two attached hydrogens (primary N) is 1. The first-order valence-corrected chi connectivity index (χ1v) is 18.6. The van der Waals surface area contributed by atoms with Crippen LogP contribution in [0.3, 0.4) is 0 Å². The van der Waals surface area contributed by atoms with E-state index in [4.69, 9.17) is 10.5 Å². The second-order valence-corrected chi connectivity index (χ2v) is 16.2. The number of aliphatic carboxylic acids is 2. The number of nitrogens with zero attached hydrogens (tertiary/aromatic N) is 1. The number of carboxylic acid groups (broad SMARTS) is 2. The molecule has 9 N–H and O–H groups in total. The topological polar surface area (TPSA) is 258 Å². The molecule has 16 nitrogen and oxygen atoms in total. The predicted octanol–water partition coefficient (Wildman–Crippen LogP) is 2.36. The van der Waals surface area contributed by atoms with E-state index in [1.54, 1.807) is 68.4 Å². The van der Waals surface area contributed by atoms with Crippen LogP contribution in [-0.4, -0.2) is 89.5 Å². The minimum Gasteiger partial charge on any atom is -0.508 e. The third-order valence-corrected chi connectivity index (χ3v) is 11.0. The zero-order valence-corrected chi connectivity index (χ0v) is 29.8. The van der Waals surface area contributed by atoms with E-state index in [0.29, 0.717) is 11.1 Å². The summed E-state index contributed by atoms with van der Waals surface area (Å²) in [5.41, 5.74) is 7.88. The van der Waals surface area contributed by atoms with Gasteiger partial charge in [0.15, 0.2) is 0 Å². The van der Waals surface area contributed by atoms with Gasteiger partial charge < -0.3 is 46.2 Å². The van der Waals surface area contributed by atoms with Gasteiger partial charge in [0.25, 0.3) is 7.52 Å². The molecule has 5 rings (SSSR count). The molecule has 0 aromatic heterocycles. The summed E-state index contributed by atoms with van der Waals surface area (Å²) < 4.78 is 16.5. The molecule has 0 aliphatic carbocycles. The van der Waals surface area contributed by atoms with Crippen molar-refractivity contribution in [2.45, 2.75) is 61.2 Å². The largest absolute Gasteiger partial charge is 0.508 e. The molecule has 0 spiro atoms. The Bertz CT molecular complexity index is 1800. The highest BCUT2D eigenvalue weighted by molar-refractivity contribution is 8.01. The van der Waals surface area contributed by atoms with E-state index in [-0.39, 0.29) is 18.8 Å². The van der Waals surface area contributed by atoms with Crippen LogP contribution >= 0.6 is 19.3 Å². The van der Waals surface area contributed by atoms with Crippen molar-refractivity contribution in [2.24, 2.45) is 5.73 Å². The van der Waals surface area contributed by atoms with E-state index in [1.165, 1.54) is 40.9 Å². The molecule has 18 heteroatoms. The van der Waals surface area contributed by atoms with Gasteiger partial charge in [-0.15, -0.1) is 11.8 Å². The quantitative estimate of drug-likeness (QED) is 0.0920. The number of ether oxygens (including phenoxy) is 1. The lowest BCUT2D eigenvalue weighted by molar-refractivity contribution is -0.161. The standard InChI is InChI=1S/C18H21N2O6P.C16H19N3O5S/c21-17(22)16(11-14-7-3-1-4-8-14)20-27(24,25)13-19-18(23)26-12-15-9-5-2-6-10-15;1-16(2)11(15(23)24)19-13(22)10(14(19)25-16)18-12(21)9(17)7-3-5-8(20)6-4-7/h1-10,16H,11-13H2,(H,19,23)(H,21,22)(H2,20,24,25);3-6,9-11,14,20H,17H2,1-2H3,(H,18,21)(H,23,24)/t16-;9?,10-,11+,14-/m01/s1. The van der Waals surface area contributed by atoms with Crippen molar-refractivity contribution in [1.29, 1.82) is 0 Å². The number of phenolic OH excluding ortho intramolecular Hbond substituents is 1. The van der Waals surface area contributed by atoms with Crippen LogP contribution in [0.1, 0.15) is 36.6 Å². The van der Waals surface area contributed by atoms with E-state index in [2.05, 4.69) is 15.7 Å². The monoisotopic (exact) mass is 757 g/mol. The van der Waals surface area contributed by atoms with Gasteiger partial charge in [-0.2, -0.15) is 0 Å². The van der Waals surface area contributed by atoms with Crippen molar-refractivity contribution in [2.75, 3.05) is 6.29 Å². The smallest absolute Gasteiger partial charge is 0.407 e. The minimum absolute atomic E-state index is 0.0155. The van der Waals surface area contributed by atoms with Crippen LogP contribution < -0.4 is 21.5 Å². The first-order valence-electron chi connectivity index (χ1n) is 15.9. The van der Waals surface area contributed by atoms with Crippen molar-refractivity contribution in [1.82, 2.24) is 20.6 Å². The number of hydrogen-bond acceptors (Lipinski definition) is 10. The summed E-state index contributed by atoms with van der Waals surface area (Å²) in [5.74, 6) is -3.20. The molecule has 0 bridgehead atoms. The van der Waals surface area contributed by atoms with Crippen molar-refractivity contribution in [3.05, 3.63) is 102 Å². The van der Waals surface area contributed by atoms with E-state index in [9.17, 15) is 48.8 Å². The molecular formula is C34H40N5O11PS. The molecule has 3 aromatic rings. The normalized spacial score (nSPS) is 20.7. The van der Waals surface area contributed by atoms with Crippen LogP contribution in [0.2, 0.25) is 0 Å². The number of aromatic hydroxyl groups is 1. The molecule has 2 aliphatic rings. The highest BCUT2D eigenvalue weighted by Gasteiger charge is 2.64. The second kappa shape index (κ2) is 17.1. The van der Waals surface area contributed by atoms with Gasteiger partial charge >= 0.3 is 18.0 Å². The Balaban J connectivity index is 0.000000233. The summed E-state index contributed by atoms with van der Waals surface area (Å²) in [7, 11) is -4.13. The molecule has 0 radical (unpaired) electrons. The molecular weight excluding hydrogens is 717 g/mol. The molecule has 2 heterocycles. The van der Waals surface area contributed by atoms with Crippen LogP contribution in [0.15, 0.2) is 84.9 Å². The average molecular weight is 758 g/mol. The molecule has 278 valence electrons. The van der Waals surface area contributed by atoms with Crippen LogP contribution in [0.5, 0.6) is 5.75 Å². The molecule has 0 saturated carbocycles. The number of thioether (sulfide) groups is 1. The second-order valence-electron chi connectivity index (χ2n) is 12.5. The van der Waals surface area contributed by atoms with Crippen LogP contribution in [0, 0.1) is 0 Å². The number of nitrogens with one attached hydrogen (secondary N) is 3.